The fraction of sp³-hybridized carbons (Fsp3) is 0.692. The van der Waals surface area contributed by atoms with Crippen LogP contribution in [-0.2, 0) is 6.42 Å². The van der Waals surface area contributed by atoms with E-state index in [1.54, 1.807) is 0 Å². The molecule has 0 radical (unpaired) electrons. The fourth-order valence-corrected chi connectivity index (χ4v) is 2.79. The van der Waals surface area contributed by atoms with Crippen LogP contribution in [-0.4, -0.2) is 6.04 Å². The molecule has 0 aliphatic carbocycles. The molecule has 0 saturated heterocycles. The van der Waals surface area contributed by atoms with Gasteiger partial charge in [-0.1, -0.05) is 39.2 Å². The van der Waals surface area contributed by atoms with Crippen molar-refractivity contribution in [2.45, 2.75) is 52.0 Å². The Kier molecular flexibility index (Phi) is 5.96. The van der Waals surface area contributed by atoms with Crippen LogP contribution in [0.4, 0.5) is 0 Å². The third-order valence-electron chi connectivity index (χ3n) is 3.08. The fourth-order valence-electron chi connectivity index (χ4n) is 2.01. The molecule has 2 heteroatoms. The largest absolute Gasteiger partial charge is 0.327 e. The number of nitrogens with two attached hydrogens (primary N) is 1. The van der Waals surface area contributed by atoms with Gasteiger partial charge in [-0.15, -0.1) is 11.3 Å². The van der Waals surface area contributed by atoms with Crippen LogP contribution in [0.1, 0.15) is 44.4 Å². The summed E-state index contributed by atoms with van der Waals surface area (Å²) in [4.78, 5) is 1.43. The van der Waals surface area contributed by atoms with Crippen LogP contribution >= 0.6 is 11.3 Å². The van der Waals surface area contributed by atoms with Gasteiger partial charge in [0.1, 0.15) is 0 Å². The average molecular weight is 225 g/mol. The maximum Gasteiger partial charge on any atom is 0.0116 e. The standard InChI is InChI=1S/C13H23NS/c1-3-5-7-11(4-2)13(14)10-12-8-6-9-15-12/h6,8-9,11,13H,3-5,7,10,14H2,1-2H3. The highest BCUT2D eigenvalue weighted by molar-refractivity contribution is 7.09. The van der Waals surface area contributed by atoms with Gasteiger partial charge >= 0.3 is 0 Å². The van der Waals surface area contributed by atoms with Crippen molar-refractivity contribution < 1.29 is 0 Å². The van der Waals surface area contributed by atoms with Gasteiger partial charge in [0.2, 0.25) is 0 Å². The highest BCUT2D eigenvalue weighted by atomic mass is 32.1. The van der Waals surface area contributed by atoms with Crippen LogP contribution < -0.4 is 5.73 Å². The van der Waals surface area contributed by atoms with Crippen LogP contribution in [0.5, 0.6) is 0 Å². The normalized spacial score (nSPS) is 15.1. The van der Waals surface area contributed by atoms with E-state index in [0.29, 0.717) is 12.0 Å². The summed E-state index contributed by atoms with van der Waals surface area (Å²) in [6, 6.07) is 4.65. The molecule has 0 fully saturated rings. The Labute approximate surface area is 97.7 Å². The van der Waals surface area contributed by atoms with E-state index in [4.69, 9.17) is 5.73 Å². The van der Waals surface area contributed by atoms with E-state index in [-0.39, 0.29) is 0 Å². The van der Waals surface area contributed by atoms with Crippen molar-refractivity contribution in [2.24, 2.45) is 11.7 Å². The summed E-state index contributed by atoms with van der Waals surface area (Å²) in [5.74, 6) is 0.701. The van der Waals surface area contributed by atoms with Gasteiger partial charge in [-0.2, -0.15) is 0 Å². The molecule has 1 heterocycles. The van der Waals surface area contributed by atoms with Crippen LogP contribution in [0.3, 0.4) is 0 Å². The van der Waals surface area contributed by atoms with Gasteiger partial charge in [-0.3, -0.25) is 0 Å². The molecule has 0 saturated carbocycles. The van der Waals surface area contributed by atoms with Crippen molar-refractivity contribution in [2.75, 3.05) is 0 Å². The summed E-state index contributed by atoms with van der Waals surface area (Å²) >= 11 is 1.82. The molecular weight excluding hydrogens is 202 g/mol. The Bertz CT molecular complexity index is 243. The summed E-state index contributed by atoms with van der Waals surface area (Å²) in [7, 11) is 0. The minimum absolute atomic E-state index is 0.347. The molecular formula is C13H23NS. The second-order valence-corrected chi connectivity index (χ2v) is 5.29. The first kappa shape index (κ1) is 12.7. The van der Waals surface area contributed by atoms with Crippen LogP contribution in [0.2, 0.25) is 0 Å². The zero-order valence-electron chi connectivity index (χ0n) is 9.91. The van der Waals surface area contributed by atoms with E-state index >= 15 is 0 Å². The molecule has 0 aliphatic heterocycles. The van der Waals surface area contributed by atoms with E-state index in [9.17, 15) is 0 Å². The lowest BCUT2D eigenvalue weighted by atomic mass is 9.90. The molecule has 0 aromatic carbocycles. The van der Waals surface area contributed by atoms with Crippen molar-refractivity contribution in [1.29, 1.82) is 0 Å². The molecule has 2 unspecified atom stereocenters. The predicted octanol–water partition coefficient (Wildman–Crippen LogP) is 3.83. The number of thiophene rings is 1. The third-order valence-corrected chi connectivity index (χ3v) is 3.97. The van der Waals surface area contributed by atoms with Crippen LogP contribution in [0, 0.1) is 5.92 Å². The van der Waals surface area contributed by atoms with Crippen LogP contribution in [0.25, 0.3) is 0 Å². The lowest BCUT2D eigenvalue weighted by Crippen LogP contribution is -2.31. The monoisotopic (exact) mass is 225 g/mol. The van der Waals surface area contributed by atoms with Gasteiger partial charge in [0.25, 0.3) is 0 Å². The zero-order valence-corrected chi connectivity index (χ0v) is 10.7. The summed E-state index contributed by atoms with van der Waals surface area (Å²) < 4.78 is 0. The van der Waals surface area contributed by atoms with E-state index in [0.717, 1.165) is 6.42 Å². The maximum absolute atomic E-state index is 6.27. The van der Waals surface area contributed by atoms with Gasteiger partial charge in [0.05, 0.1) is 0 Å². The number of hydrogen-bond donors (Lipinski definition) is 1. The Balaban J connectivity index is 2.39. The van der Waals surface area contributed by atoms with Crippen molar-refractivity contribution in [1.82, 2.24) is 0 Å². The van der Waals surface area contributed by atoms with E-state index in [2.05, 4.69) is 31.4 Å². The predicted molar refractivity (Wildman–Crippen MR) is 69.3 cm³/mol. The number of rotatable bonds is 7. The molecule has 1 rings (SSSR count). The molecule has 1 aromatic rings. The summed E-state index contributed by atoms with van der Waals surface area (Å²) in [5.41, 5.74) is 6.27. The summed E-state index contributed by atoms with van der Waals surface area (Å²) in [6.45, 7) is 4.51. The van der Waals surface area contributed by atoms with Gasteiger partial charge in [0.15, 0.2) is 0 Å². The minimum atomic E-state index is 0.347. The number of hydrogen-bond acceptors (Lipinski definition) is 2. The first-order valence-corrected chi connectivity index (χ1v) is 6.93. The Morgan fingerprint density at radius 1 is 1.40 bits per heavy atom. The highest BCUT2D eigenvalue weighted by Crippen LogP contribution is 2.20. The maximum atomic E-state index is 6.27. The van der Waals surface area contributed by atoms with E-state index in [1.165, 1.54) is 30.6 Å². The lowest BCUT2D eigenvalue weighted by molar-refractivity contribution is 0.370. The molecule has 0 bridgehead atoms. The third kappa shape index (κ3) is 4.35. The molecule has 0 amide bonds. The van der Waals surface area contributed by atoms with Gasteiger partial charge in [0, 0.05) is 10.9 Å². The van der Waals surface area contributed by atoms with Gasteiger partial charge < -0.3 is 5.73 Å². The molecule has 2 atom stereocenters. The highest BCUT2D eigenvalue weighted by Gasteiger charge is 2.15. The summed E-state index contributed by atoms with van der Waals surface area (Å²) in [5, 5.41) is 2.13. The molecule has 2 N–H and O–H groups in total. The summed E-state index contributed by atoms with van der Waals surface area (Å²) in [6.07, 6.45) is 6.16. The number of unbranched alkanes of at least 4 members (excludes halogenated alkanes) is 1. The molecule has 0 aliphatic rings. The second-order valence-electron chi connectivity index (χ2n) is 4.26. The van der Waals surface area contributed by atoms with Crippen molar-refractivity contribution >= 4 is 11.3 Å². The molecule has 86 valence electrons. The van der Waals surface area contributed by atoms with Gasteiger partial charge in [-0.05, 0) is 30.2 Å². The lowest BCUT2D eigenvalue weighted by Gasteiger charge is -2.21. The van der Waals surface area contributed by atoms with E-state index < -0.39 is 0 Å². The van der Waals surface area contributed by atoms with Crippen LogP contribution in [0.15, 0.2) is 17.5 Å². The molecule has 1 nitrogen and oxygen atoms in total. The smallest absolute Gasteiger partial charge is 0.0116 e. The topological polar surface area (TPSA) is 26.0 Å². The Morgan fingerprint density at radius 2 is 2.20 bits per heavy atom. The van der Waals surface area contributed by atoms with Crippen molar-refractivity contribution in [3.63, 3.8) is 0 Å². The molecule has 1 aromatic heterocycles. The van der Waals surface area contributed by atoms with Gasteiger partial charge in [-0.25, -0.2) is 0 Å². The Hall–Kier alpha value is -0.340. The minimum Gasteiger partial charge on any atom is -0.327 e. The second kappa shape index (κ2) is 7.02. The quantitative estimate of drug-likeness (QED) is 0.750. The molecule has 0 spiro atoms. The zero-order chi connectivity index (χ0) is 11.1. The van der Waals surface area contributed by atoms with Crippen molar-refractivity contribution in [3.8, 4) is 0 Å². The van der Waals surface area contributed by atoms with Crippen molar-refractivity contribution in [3.05, 3.63) is 22.4 Å². The first-order valence-electron chi connectivity index (χ1n) is 6.05. The SMILES string of the molecule is CCCCC(CC)C(N)Cc1cccs1. The molecule has 15 heavy (non-hydrogen) atoms. The first-order chi connectivity index (χ1) is 7.27. The van der Waals surface area contributed by atoms with E-state index in [1.807, 2.05) is 11.3 Å². The Morgan fingerprint density at radius 3 is 2.73 bits per heavy atom. The average Bonchev–Trinajstić information content (AvgIpc) is 2.71.